The quantitative estimate of drug-likeness (QED) is 0.101. The Hall–Kier alpha value is -3.61. The topological polar surface area (TPSA) is 60.4 Å². The zero-order valence-corrected chi connectivity index (χ0v) is 23.7. The van der Waals surface area contributed by atoms with Crippen molar-refractivity contribution in [3.8, 4) is 5.75 Å². The second kappa shape index (κ2) is 12.8. The van der Waals surface area contributed by atoms with Crippen molar-refractivity contribution in [3.63, 3.8) is 0 Å². The molecule has 190 valence electrons. The van der Waals surface area contributed by atoms with Gasteiger partial charge in [0.05, 0.1) is 18.9 Å². The average Bonchev–Trinajstić information content (AvgIpc) is 2.95. The third-order valence-corrected chi connectivity index (χ3v) is 7.24. The number of carbonyl (C=O) groups excluding carboxylic acids is 3. The lowest BCUT2D eigenvalue weighted by molar-refractivity contribution is -0.116. The van der Waals surface area contributed by atoms with Crippen molar-refractivity contribution in [2.75, 3.05) is 7.11 Å². The summed E-state index contributed by atoms with van der Waals surface area (Å²) in [5.74, 6) is -2.88. The number of allylic oxidation sites excluding steroid dienone is 1. The SMILES string of the molecule is COc1ccccc1/C=C/C(=O)[C@@H](c1ccccc1)C(C(=O)c1ccc(Br)cc1)C(=O)c1ccc(Br)cc1. The molecule has 0 aliphatic carbocycles. The van der Waals surface area contributed by atoms with Crippen LogP contribution in [0.5, 0.6) is 5.75 Å². The molecule has 4 aromatic rings. The van der Waals surface area contributed by atoms with E-state index in [1.54, 1.807) is 92.0 Å². The summed E-state index contributed by atoms with van der Waals surface area (Å²) in [4.78, 5) is 41.9. The number of Topliss-reactive ketones (excluding diaryl/α,β-unsaturated/α-hetero) is 2. The van der Waals surface area contributed by atoms with Crippen LogP contribution in [0.2, 0.25) is 0 Å². The highest BCUT2D eigenvalue weighted by Crippen LogP contribution is 2.33. The molecule has 0 saturated carbocycles. The largest absolute Gasteiger partial charge is 0.496 e. The maximum atomic E-state index is 14.0. The van der Waals surface area contributed by atoms with E-state index in [0.29, 0.717) is 28.0 Å². The molecule has 4 nitrogen and oxygen atoms in total. The summed E-state index contributed by atoms with van der Waals surface area (Å²) in [6, 6.07) is 29.9. The summed E-state index contributed by atoms with van der Waals surface area (Å²) >= 11 is 6.78. The normalized spacial score (nSPS) is 11.9. The summed E-state index contributed by atoms with van der Waals surface area (Å²) in [5.41, 5.74) is 2.01. The Labute approximate surface area is 238 Å². The summed E-state index contributed by atoms with van der Waals surface area (Å²) in [5, 5.41) is 0. The molecule has 0 saturated heterocycles. The molecule has 0 heterocycles. The zero-order valence-electron chi connectivity index (χ0n) is 20.5. The Kier molecular flexibility index (Phi) is 9.21. The van der Waals surface area contributed by atoms with Crippen LogP contribution in [0.4, 0.5) is 0 Å². The highest BCUT2D eigenvalue weighted by atomic mass is 79.9. The van der Waals surface area contributed by atoms with Crippen LogP contribution >= 0.6 is 31.9 Å². The van der Waals surface area contributed by atoms with Gasteiger partial charge in [-0.25, -0.2) is 0 Å². The Morgan fingerprint density at radius 3 is 1.71 bits per heavy atom. The van der Waals surface area contributed by atoms with Crippen molar-refractivity contribution < 1.29 is 19.1 Å². The van der Waals surface area contributed by atoms with Gasteiger partial charge in [0.15, 0.2) is 17.3 Å². The number of hydrogen-bond donors (Lipinski definition) is 0. The van der Waals surface area contributed by atoms with Crippen molar-refractivity contribution in [2.45, 2.75) is 5.92 Å². The number of para-hydroxylation sites is 1. The molecule has 38 heavy (non-hydrogen) atoms. The molecule has 0 bridgehead atoms. The van der Waals surface area contributed by atoms with E-state index in [2.05, 4.69) is 31.9 Å². The lowest BCUT2D eigenvalue weighted by atomic mass is 9.74. The van der Waals surface area contributed by atoms with Crippen molar-refractivity contribution >= 4 is 55.3 Å². The summed E-state index contributed by atoms with van der Waals surface area (Å²) < 4.78 is 7.01. The first-order chi connectivity index (χ1) is 18.4. The van der Waals surface area contributed by atoms with E-state index in [4.69, 9.17) is 4.74 Å². The highest BCUT2D eigenvalue weighted by molar-refractivity contribution is 9.10. The van der Waals surface area contributed by atoms with Crippen LogP contribution in [0.3, 0.4) is 0 Å². The van der Waals surface area contributed by atoms with Gasteiger partial charge in [0.1, 0.15) is 5.75 Å². The maximum absolute atomic E-state index is 14.0. The number of ketones is 3. The van der Waals surface area contributed by atoms with Crippen LogP contribution in [0.25, 0.3) is 6.08 Å². The van der Waals surface area contributed by atoms with Gasteiger partial charge in [-0.3, -0.25) is 14.4 Å². The molecule has 6 heteroatoms. The van der Waals surface area contributed by atoms with Gasteiger partial charge in [0, 0.05) is 25.6 Å². The van der Waals surface area contributed by atoms with Gasteiger partial charge in [0.25, 0.3) is 0 Å². The van der Waals surface area contributed by atoms with Crippen molar-refractivity contribution in [3.05, 3.63) is 140 Å². The Bertz CT molecular complexity index is 1400. The molecule has 0 radical (unpaired) electrons. The first-order valence-electron chi connectivity index (χ1n) is 11.9. The number of methoxy groups -OCH3 is 1. The monoisotopic (exact) mass is 630 g/mol. The molecule has 0 amide bonds. The van der Waals surface area contributed by atoms with Crippen molar-refractivity contribution in [2.24, 2.45) is 5.92 Å². The Balaban J connectivity index is 1.83. The van der Waals surface area contributed by atoms with Gasteiger partial charge in [-0.05, 0) is 48.0 Å². The number of halogens is 2. The fraction of sp³-hybridized carbons (Fsp3) is 0.0938. The van der Waals surface area contributed by atoms with Crippen LogP contribution in [-0.4, -0.2) is 24.5 Å². The van der Waals surface area contributed by atoms with Crippen LogP contribution < -0.4 is 4.74 Å². The Morgan fingerprint density at radius 2 is 1.18 bits per heavy atom. The van der Waals surface area contributed by atoms with Crippen molar-refractivity contribution in [1.29, 1.82) is 0 Å². The molecular weight excluding hydrogens is 608 g/mol. The second-order valence-electron chi connectivity index (χ2n) is 8.59. The molecular formula is C32H24Br2O4. The van der Waals surface area contributed by atoms with Gasteiger partial charge in [-0.15, -0.1) is 0 Å². The van der Waals surface area contributed by atoms with E-state index >= 15 is 0 Å². The minimum absolute atomic E-state index is 0.353. The lowest BCUT2D eigenvalue weighted by Crippen LogP contribution is -2.34. The van der Waals surface area contributed by atoms with Gasteiger partial charge >= 0.3 is 0 Å². The molecule has 4 aromatic carbocycles. The molecule has 0 aliphatic rings. The summed E-state index contributed by atoms with van der Waals surface area (Å²) in [7, 11) is 1.56. The van der Waals surface area contributed by atoms with Crippen LogP contribution in [0.1, 0.15) is 37.8 Å². The molecule has 1 atom stereocenters. The number of ether oxygens (including phenoxy) is 1. The van der Waals surface area contributed by atoms with Gasteiger partial charge in [0.2, 0.25) is 0 Å². The predicted octanol–water partition coefficient (Wildman–Crippen LogP) is 7.97. The van der Waals surface area contributed by atoms with E-state index in [0.717, 1.165) is 8.95 Å². The first-order valence-corrected chi connectivity index (χ1v) is 13.5. The van der Waals surface area contributed by atoms with Gasteiger partial charge in [-0.2, -0.15) is 0 Å². The number of benzene rings is 4. The fourth-order valence-electron chi connectivity index (χ4n) is 4.27. The van der Waals surface area contributed by atoms with E-state index < -0.39 is 23.4 Å². The van der Waals surface area contributed by atoms with Crippen LogP contribution in [0.15, 0.2) is 118 Å². The molecule has 0 aromatic heterocycles. The van der Waals surface area contributed by atoms with Gasteiger partial charge in [-0.1, -0.05) is 105 Å². The van der Waals surface area contributed by atoms with E-state index in [1.807, 2.05) is 24.3 Å². The maximum Gasteiger partial charge on any atom is 0.174 e. The standard InChI is InChI=1S/C32H24Br2O4/c1-38-28-10-6-5-7-21(28)15-20-27(35)29(22-8-3-2-4-9-22)30(31(36)23-11-16-25(33)17-12-23)32(37)24-13-18-26(34)19-14-24/h2-20,29-30H,1H3/b20-15+/t29-/m1/s1. The molecule has 0 unspecified atom stereocenters. The highest BCUT2D eigenvalue weighted by Gasteiger charge is 2.40. The lowest BCUT2D eigenvalue weighted by Gasteiger charge is -2.24. The smallest absolute Gasteiger partial charge is 0.174 e. The third kappa shape index (κ3) is 6.44. The Morgan fingerprint density at radius 1 is 0.684 bits per heavy atom. The fourth-order valence-corrected chi connectivity index (χ4v) is 4.80. The molecule has 0 N–H and O–H groups in total. The number of carbonyl (C=O) groups is 3. The average molecular weight is 632 g/mol. The first kappa shape index (κ1) is 27.4. The van der Waals surface area contributed by atoms with E-state index in [9.17, 15) is 14.4 Å². The number of hydrogen-bond acceptors (Lipinski definition) is 4. The molecule has 0 aliphatic heterocycles. The number of rotatable bonds is 10. The predicted molar refractivity (Wildman–Crippen MR) is 157 cm³/mol. The minimum atomic E-state index is -1.27. The van der Waals surface area contributed by atoms with E-state index in [-0.39, 0.29) is 5.78 Å². The third-order valence-electron chi connectivity index (χ3n) is 6.19. The summed E-state index contributed by atoms with van der Waals surface area (Å²) in [6.45, 7) is 0. The summed E-state index contributed by atoms with van der Waals surface area (Å²) in [6.07, 6.45) is 3.08. The van der Waals surface area contributed by atoms with Crippen LogP contribution in [-0.2, 0) is 4.79 Å². The zero-order chi connectivity index (χ0) is 27.1. The second-order valence-corrected chi connectivity index (χ2v) is 10.4. The van der Waals surface area contributed by atoms with Gasteiger partial charge < -0.3 is 4.74 Å². The molecule has 4 rings (SSSR count). The molecule has 0 fully saturated rings. The molecule has 0 spiro atoms. The minimum Gasteiger partial charge on any atom is -0.496 e. The van der Waals surface area contributed by atoms with Crippen LogP contribution in [0, 0.1) is 5.92 Å². The van der Waals surface area contributed by atoms with E-state index in [1.165, 1.54) is 6.08 Å². The van der Waals surface area contributed by atoms with Crippen molar-refractivity contribution in [1.82, 2.24) is 0 Å².